The van der Waals surface area contributed by atoms with Gasteiger partial charge in [0.1, 0.15) is 5.82 Å². The molecular formula is C18H19BrFN3O2. The third-order valence-electron chi connectivity index (χ3n) is 4.42. The largest absolute Gasteiger partial charge is 0.297 e. The first kappa shape index (κ1) is 18.0. The Morgan fingerprint density at radius 1 is 1.04 bits per heavy atom. The van der Waals surface area contributed by atoms with Gasteiger partial charge in [0.2, 0.25) is 0 Å². The zero-order chi connectivity index (χ0) is 17.8. The molecule has 1 fully saturated rings. The third kappa shape index (κ3) is 4.62. The van der Waals surface area contributed by atoms with Gasteiger partial charge in [-0.15, -0.1) is 0 Å². The Labute approximate surface area is 154 Å². The number of benzene rings is 2. The number of non-ortho nitro benzene ring substituents is 1. The summed E-state index contributed by atoms with van der Waals surface area (Å²) in [5, 5.41) is 10.9. The Kier molecular flexibility index (Phi) is 5.78. The van der Waals surface area contributed by atoms with Gasteiger partial charge in [0, 0.05) is 57.0 Å². The lowest BCUT2D eigenvalue weighted by molar-refractivity contribution is -0.384. The van der Waals surface area contributed by atoms with Crippen LogP contribution in [0.2, 0.25) is 0 Å². The molecule has 0 bridgehead atoms. The summed E-state index contributed by atoms with van der Waals surface area (Å²) in [5.74, 6) is -0.193. The van der Waals surface area contributed by atoms with E-state index in [1.54, 1.807) is 18.2 Å². The molecule has 7 heteroatoms. The van der Waals surface area contributed by atoms with Gasteiger partial charge in [-0.1, -0.05) is 24.3 Å². The van der Waals surface area contributed by atoms with E-state index in [1.165, 1.54) is 6.07 Å². The Morgan fingerprint density at radius 3 is 2.36 bits per heavy atom. The highest BCUT2D eigenvalue weighted by atomic mass is 79.9. The number of nitro groups is 1. The topological polar surface area (TPSA) is 49.6 Å². The summed E-state index contributed by atoms with van der Waals surface area (Å²) in [6.45, 7) is 4.70. The molecule has 0 unspecified atom stereocenters. The highest BCUT2D eigenvalue weighted by Crippen LogP contribution is 2.21. The molecule has 1 saturated heterocycles. The van der Waals surface area contributed by atoms with Gasteiger partial charge in [-0.2, -0.15) is 0 Å². The maximum absolute atomic E-state index is 14.1. The number of hydrogen-bond donors (Lipinski definition) is 0. The van der Waals surface area contributed by atoms with Gasteiger partial charge in [-0.05, 0) is 27.6 Å². The molecule has 2 aromatic carbocycles. The van der Waals surface area contributed by atoms with Crippen molar-refractivity contribution in [2.24, 2.45) is 0 Å². The SMILES string of the molecule is O=[N+]([O-])c1cccc(CN2CCN(Cc3cccc(Br)c3F)CC2)c1. The van der Waals surface area contributed by atoms with Crippen LogP contribution in [0.25, 0.3) is 0 Å². The van der Waals surface area contributed by atoms with Crippen LogP contribution < -0.4 is 0 Å². The van der Waals surface area contributed by atoms with Crippen molar-refractivity contribution in [3.8, 4) is 0 Å². The molecule has 1 heterocycles. The maximum atomic E-state index is 14.1. The third-order valence-corrected chi connectivity index (χ3v) is 5.03. The Hall–Kier alpha value is -1.83. The average Bonchev–Trinajstić information content (AvgIpc) is 2.61. The van der Waals surface area contributed by atoms with Crippen LogP contribution in [0.1, 0.15) is 11.1 Å². The van der Waals surface area contributed by atoms with Gasteiger partial charge in [0.25, 0.3) is 5.69 Å². The molecule has 0 amide bonds. The summed E-state index contributed by atoms with van der Waals surface area (Å²) >= 11 is 3.22. The lowest BCUT2D eigenvalue weighted by Gasteiger charge is -2.34. The van der Waals surface area contributed by atoms with Crippen LogP contribution >= 0.6 is 15.9 Å². The van der Waals surface area contributed by atoms with Crippen molar-refractivity contribution in [1.29, 1.82) is 0 Å². The number of rotatable bonds is 5. The van der Waals surface area contributed by atoms with E-state index in [0.717, 1.165) is 31.7 Å². The molecule has 0 aliphatic carbocycles. The van der Waals surface area contributed by atoms with E-state index < -0.39 is 0 Å². The molecule has 132 valence electrons. The lowest BCUT2D eigenvalue weighted by atomic mass is 10.1. The van der Waals surface area contributed by atoms with E-state index >= 15 is 0 Å². The highest BCUT2D eigenvalue weighted by molar-refractivity contribution is 9.10. The zero-order valence-electron chi connectivity index (χ0n) is 13.7. The highest BCUT2D eigenvalue weighted by Gasteiger charge is 2.19. The van der Waals surface area contributed by atoms with E-state index in [1.807, 2.05) is 18.2 Å². The van der Waals surface area contributed by atoms with Crippen LogP contribution in [0.5, 0.6) is 0 Å². The average molecular weight is 408 g/mol. The zero-order valence-corrected chi connectivity index (χ0v) is 15.3. The number of piperazine rings is 1. The molecule has 2 aromatic rings. The second kappa shape index (κ2) is 8.03. The van der Waals surface area contributed by atoms with E-state index in [0.29, 0.717) is 23.1 Å². The molecule has 0 saturated carbocycles. The molecule has 0 N–H and O–H groups in total. The van der Waals surface area contributed by atoms with Gasteiger partial charge in [-0.25, -0.2) is 4.39 Å². The minimum atomic E-state index is -0.367. The quantitative estimate of drug-likeness (QED) is 0.558. The van der Waals surface area contributed by atoms with Gasteiger partial charge >= 0.3 is 0 Å². The lowest BCUT2D eigenvalue weighted by Crippen LogP contribution is -2.45. The van der Waals surface area contributed by atoms with Crippen LogP contribution in [0.3, 0.4) is 0 Å². The number of hydrogen-bond acceptors (Lipinski definition) is 4. The van der Waals surface area contributed by atoms with Crippen molar-refractivity contribution >= 4 is 21.6 Å². The second-order valence-corrected chi connectivity index (χ2v) is 7.05. The second-order valence-electron chi connectivity index (χ2n) is 6.19. The monoisotopic (exact) mass is 407 g/mol. The number of halogens is 2. The summed E-state index contributed by atoms with van der Waals surface area (Å²) in [7, 11) is 0. The minimum Gasteiger partial charge on any atom is -0.297 e. The van der Waals surface area contributed by atoms with E-state index in [2.05, 4.69) is 25.7 Å². The van der Waals surface area contributed by atoms with Crippen LogP contribution in [-0.2, 0) is 13.1 Å². The predicted octanol–water partition coefficient (Wildman–Crippen LogP) is 3.81. The van der Waals surface area contributed by atoms with Gasteiger partial charge in [-0.3, -0.25) is 19.9 Å². The molecule has 0 atom stereocenters. The molecule has 0 spiro atoms. The first-order valence-electron chi connectivity index (χ1n) is 8.14. The van der Waals surface area contributed by atoms with Gasteiger partial charge < -0.3 is 0 Å². The molecule has 1 aliphatic rings. The van der Waals surface area contributed by atoms with Crippen molar-refractivity contribution in [2.45, 2.75) is 13.1 Å². The first-order chi connectivity index (χ1) is 12.0. The van der Waals surface area contributed by atoms with E-state index in [4.69, 9.17) is 0 Å². The summed E-state index contributed by atoms with van der Waals surface area (Å²) in [4.78, 5) is 15.0. The fourth-order valence-electron chi connectivity index (χ4n) is 3.04. The van der Waals surface area contributed by atoms with Crippen molar-refractivity contribution in [3.63, 3.8) is 0 Å². The Morgan fingerprint density at radius 2 is 1.68 bits per heavy atom. The standard InChI is InChI=1S/C18H19BrFN3O2/c19-17-6-2-4-15(18(17)20)13-22-9-7-21(8-10-22)12-14-3-1-5-16(11-14)23(24)25/h1-6,11H,7-10,12-13H2. The normalized spacial score (nSPS) is 16.1. The Balaban J connectivity index is 1.54. The summed E-state index contributed by atoms with van der Waals surface area (Å²) < 4.78 is 14.6. The van der Waals surface area contributed by atoms with Crippen molar-refractivity contribution in [2.75, 3.05) is 26.2 Å². The van der Waals surface area contributed by atoms with Crippen LogP contribution in [0.15, 0.2) is 46.9 Å². The van der Waals surface area contributed by atoms with Crippen LogP contribution in [-0.4, -0.2) is 40.9 Å². The molecular weight excluding hydrogens is 389 g/mol. The first-order valence-corrected chi connectivity index (χ1v) is 8.93. The number of nitro benzene ring substituents is 1. The van der Waals surface area contributed by atoms with Gasteiger partial charge in [0.15, 0.2) is 0 Å². The molecule has 0 radical (unpaired) electrons. The fraction of sp³-hybridized carbons (Fsp3) is 0.333. The predicted molar refractivity (Wildman–Crippen MR) is 97.8 cm³/mol. The van der Waals surface area contributed by atoms with Crippen LogP contribution in [0, 0.1) is 15.9 Å². The fourth-order valence-corrected chi connectivity index (χ4v) is 3.45. The number of nitrogens with zero attached hydrogens (tertiary/aromatic N) is 3. The Bertz CT molecular complexity index is 764. The smallest absolute Gasteiger partial charge is 0.269 e. The van der Waals surface area contributed by atoms with Crippen molar-refractivity contribution in [3.05, 3.63) is 74.0 Å². The molecule has 1 aliphatic heterocycles. The van der Waals surface area contributed by atoms with Crippen LogP contribution in [0.4, 0.5) is 10.1 Å². The molecule has 5 nitrogen and oxygen atoms in total. The molecule has 3 rings (SSSR count). The summed E-state index contributed by atoms with van der Waals surface area (Å²) in [6, 6.07) is 12.1. The van der Waals surface area contributed by atoms with Crippen molar-refractivity contribution < 1.29 is 9.31 Å². The van der Waals surface area contributed by atoms with E-state index in [-0.39, 0.29) is 16.4 Å². The maximum Gasteiger partial charge on any atom is 0.269 e. The van der Waals surface area contributed by atoms with E-state index in [9.17, 15) is 14.5 Å². The summed E-state index contributed by atoms with van der Waals surface area (Å²) in [6.07, 6.45) is 0. The summed E-state index contributed by atoms with van der Waals surface area (Å²) in [5.41, 5.74) is 1.77. The molecule has 25 heavy (non-hydrogen) atoms. The molecule has 0 aromatic heterocycles. The minimum absolute atomic E-state index is 0.126. The van der Waals surface area contributed by atoms with Crippen molar-refractivity contribution in [1.82, 2.24) is 9.80 Å². The van der Waals surface area contributed by atoms with Gasteiger partial charge in [0.05, 0.1) is 9.40 Å².